The number of rotatable bonds is 2. The summed E-state index contributed by atoms with van der Waals surface area (Å²) in [6.07, 6.45) is 0. The van der Waals surface area contributed by atoms with Crippen molar-refractivity contribution in [2.75, 3.05) is 39.3 Å². The largest absolute Gasteiger partial charge is 1.00 e. The monoisotopic (exact) mass is 336 g/mol. The zero-order chi connectivity index (χ0) is 11.9. The van der Waals surface area contributed by atoms with E-state index in [1.807, 2.05) is 0 Å². The first-order valence-corrected chi connectivity index (χ1v) is 6.19. The molecule has 3 aliphatic rings. The molecule has 1 aromatic carbocycles. The van der Waals surface area contributed by atoms with E-state index >= 15 is 0 Å². The van der Waals surface area contributed by atoms with Gasteiger partial charge < -0.3 is 26.9 Å². The Labute approximate surface area is 122 Å². The van der Waals surface area contributed by atoms with Crippen LogP contribution in [-0.2, 0) is 6.54 Å². The van der Waals surface area contributed by atoms with Crippen LogP contribution in [0.4, 0.5) is 8.78 Å². The summed E-state index contributed by atoms with van der Waals surface area (Å²) in [5.74, 6) is -0.795. The van der Waals surface area contributed by atoms with Gasteiger partial charge in [-0.1, -0.05) is 6.07 Å². The van der Waals surface area contributed by atoms with E-state index in [2.05, 4.69) is 4.90 Å². The third-order valence-corrected chi connectivity index (χ3v) is 4.23. The van der Waals surface area contributed by atoms with Gasteiger partial charge in [0.2, 0.25) is 0 Å². The molecule has 108 valence electrons. The van der Waals surface area contributed by atoms with Crippen LogP contribution in [0, 0.1) is 11.6 Å². The topological polar surface area (TPSA) is 34.7 Å². The fraction of sp³-hybridized carbons (Fsp3) is 0.538. The first kappa shape index (κ1) is 16.5. The lowest BCUT2D eigenvalue weighted by Crippen LogP contribution is -3.00. The van der Waals surface area contributed by atoms with Crippen molar-refractivity contribution in [3.8, 4) is 0 Å². The lowest BCUT2D eigenvalue weighted by atomic mass is 10.1. The van der Waals surface area contributed by atoms with E-state index in [1.165, 1.54) is 18.2 Å². The average molecular weight is 337 g/mol. The summed E-state index contributed by atoms with van der Waals surface area (Å²) in [6.45, 7) is 6.77. The van der Waals surface area contributed by atoms with E-state index in [0.29, 0.717) is 6.54 Å². The van der Waals surface area contributed by atoms with Crippen molar-refractivity contribution in [2.24, 2.45) is 0 Å². The van der Waals surface area contributed by atoms with Crippen molar-refractivity contribution >= 4 is 0 Å². The van der Waals surface area contributed by atoms with Gasteiger partial charge in [-0.2, -0.15) is 0 Å². The van der Waals surface area contributed by atoms with Crippen LogP contribution in [0.5, 0.6) is 0 Å². The summed E-state index contributed by atoms with van der Waals surface area (Å²) in [5.41, 5.74) is 0.267. The number of fused-ring (bicyclic) bond motifs is 3. The molecular weight excluding hydrogens is 318 g/mol. The highest BCUT2D eigenvalue weighted by Gasteiger charge is 2.39. The molecule has 0 radical (unpaired) electrons. The van der Waals surface area contributed by atoms with Gasteiger partial charge in [-0.15, -0.1) is 0 Å². The Morgan fingerprint density at radius 3 is 1.95 bits per heavy atom. The van der Waals surface area contributed by atoms with Crippen LogP contribution < -0.4 is 17.0 Å². The molecule has 3 nitrogen and oxygen atoms in total. The van der Waals surface area contributed by atoms with E-state index in [4.69, 9.17) is 0 Å². The van der Waals surface area contributed by atoms with Crippen LogP contribution in [0.3, 0.4) is 0 Å². The van der Waals surface area contributed by atoms with Gasteiger partial charge >= 0.3 is 0 Å². The normalized spacial score (nSPS) is 28.4. The summed E-state index contributed by atoms with van der Waals surface area (Å²) in [5, 5.41) is 0. The van der Waals surface area contributed by atoms with Crippen molar-refractivity contribution in [2.45, 2.75) is 6.54 Å². The van der Waals surface area contributed by atoms with Crippen molar-refractivity contribution in [3.63, 3.8) is 0 Å². The molecule has 0 unspecified atom stereocenters. The Bertz CT molecular complexity index is 403. The number of nitrogens with zero attached hydrogens (tertiary/aromatic N) is 2. The van der Waals surface area contributed by atoms with Gasteiger partial charge in [0.05, 0.1) is 25.2 Å². The van der Waals surface area contributed by atoms with Crippen LogP contribution in [-0.4, -0.2) is 54.1 Å². The van der Waals surface area contributed by atoms with E-state index < -0.39 is 11.6 Å². The minimum absolute atomic E-state index is 0. The Morgan fingerprint density at radius 1 is 1.00 bits per heavy atom. The van der Waals surface area contributed by atoms with E-state index in [0.717, 1.165) is 43.8 Å². The Kier molecular flexibility index (Phi) is 5.43. The minimum atomic E-state index is -0.398. The second-order valence-corrected chi connectivity index (χ2v) is 5.21. The zero-order valence-corrected chi connectivity index (χ0v) is 12.3. The lowest BCUT2D eigenvalue weighted by molar-refractivity contribution is -0.953. The first-order chi connectivity index (χ1) is 8.19. The van der Waals surface area contributed by atoms with E-state index in [1.54, 1.807) is 0 Å². The molecular formula is C13H19BrF2N2O. The number of quaternary nitrogens is 1. The van der Waals surface area contributed by atoms with Gasteiger partial charge in [0.15, 0.2) is 0 Å². The summed E-state index contributed by atoms with van der Waals surface area (Å²) in [6, 6.07) is 4.15. The molecule has 2 bridgehead atoms. The molecule has 0 amide bonds. The third kappa shape index (κ3) is 3.13. The summed E-state index contributed by atoms with van der Waals surface area (Å²) in [7, 11) is 0. The van der Waals surface area contributed by atoms with Gasteiger partial charge in [-0.05, 0) is 12.1 Å². The van der Waals surface area contributed by atoms with Crippen LogP contribution in [0.25, 0.3) is 0 Å². The number of piperazine rings is 3. The van der Waals surface area contributed by atoms with Crippen LogP contribution in [0.15, 0.2) is 18.2 Å². The van der Waals surface area contributed by atoms with Gasteiger partial charge in [-0.25, -0.2) is 8.78 Å². The van der Waals surface area contributed by atoms with Crippen molar-refractivity contribution in [3.05, 3.63) is 35.4 Å². The first-order valence-electron chi connectivity index (χ1n) is 6.19. The predicted octanol–water partition coefficient (Wildman–Crippen LogP) is -2.21. The van der Waals surface area contributed by atoms with Crippen LogP contribution in [0.1, 0.15) is 5.56 Å². The number of hydrogen-bond acceptors (Lipinski definition) is 1. The van der Waals surface area contributed by atoms with Crippen molar-refractivity contribution in [1.29, 1.82) is 0 Å². The quantitative estimate of drug-likeness (QED) is 0.564. The molecule has 0 atom stereocenters. The smallest absolute Gasteiger partial charge is 0.135 e. The fourth-order valence-corrected chi connectivity index (χ4v) is 2.99. The number of hydrogen-bond donors (Lipinski definition) is 0. The number of halogens is 3. The minimum Gasteiger partial charge on any atom is -1.00 e. The van der Waals surface area contributed by atoms with E-state index in [9.17, 15) is 8.78 Å². The maximum Gasteiger partial charge on any atom is 0.135 e. The van der Waals surface area contributed by atoms with Crippen molar-refractivity contribution < 1.29 is 35.7 Å². The molecule has 3 heterocycles. The second-order valence-electron chi connectivity index (χ2n) is 5.21. The van der Waals surface area contributed by atoms with Gasteiger partial charge in [0.25, 0.3) is 0 Å². The van der Waals surface area contributed by atoms with Gasteiger partial charge in [0.1, 0.15) is 18.2 Å². The second kappa shape index (κ2) is 6.26. The molecule has 4 rings (SSSR count). The average Bonchev–Trinajstić information content (AvgIpc) is 2.36. The molecule has 3 saturated heterocycles. The van der Waals surface area contributed by atoms with Crippen LogP contribution >= 0.6 is 0 Å². The molecule has 6 heteroatoms. The summed E-state index contributed by atoms with van der Waals surface area (Å²) >= 11 is 0. The Balaban J connectivity index is 0.000000902. The Hall–Kier alpha value is -0.560. The molecule has 0 aromatic heterocycles. The zero-order valence-electron chi connectivity index (χ0n) is 10.7. The summed E-state index contributed by atoms with van der Waals surface area (Å²) < 4.78 is 28.2. The SMILES string of the molecule is Fc1cccc(F)c1C[N+]12CCN(CC1)CC2.O.[Br-]. The van der Waals surface area contributed by atoms with E-state index in [-0.39, 0.29) is 28.0 Å². The molecule has 2 N–H and O–H groups in total. The molecule has 3 aliphatic heterocycles. The number of benzene rings is 1. The standard InChI is InChI=1S/C13H17F2N2.BrH.H2O/c14-12-2-1-3-13(15)11(12)10-17-7-4-16(5-8-17)6-9-17;;/h1-3H,4-10H2;1H;1H2/q+1;;/p-1. The van der Waals surface area contributed by atoms with Gasteiger partial charge in [0, 0.05) is 19.6 Å². The Morgan fingerprint density at radius 2 is 1.47 bits per heavy atom. The van der Waals surface area contributed by atoms with Gasteiger partial charge in [-0.3, -0.25) is 4.90 Å². The fourth-order valence-electron chi connectivity index (χ4n) is 2.99. The molecule has 0 saturated carbocycles. The highest BCUT2D eigenvalue weighted by Crippen LogP contribution is 2.25. The molecule has 0 spiro atoms. The van der Waals surface area contributed by atoms with Crippen molar-refractivity contribution in [1.82, 2.24) is 4.90 Å². The predicted molar refractivity (Wildman–Crippen MR) is 65.0 cm³/mol. The summed E-state index contributed by atoms with van der Waals surface area (Å²) in [4.78, 5) is 2.43. The molecule has 3 fully saturated rings. The molecule has 19 heavy (non-hydrogen) atoms. The van der Waals surface area contributed by atoms with Crippen LogP contribution in [0.2, 0.25) is 0 Å². The third-order valence-electron chi connectivity index (χ3n) is 4.23. The molecule has 1 aromatic rings. The highest BCUT2D eigenvalue weighted by molar-refractivity contribution is 5.18. The maximum absolute atomic E-state index is 13.7. The molecule has 0 aliphatic carbocycles. The lowest BCUT2D eigenvalue weighted by Gasteiger charge is -2.50. The maximum atomic E-state index is 13.7. The highest BCUT2D eigenvalue weighted by atomic mass is 79.9.